The molecule has 0 aliphatic heterocycles. The Bertz CT molecular complexity index is 443. The lowest BCUT2D eigenvalue weighted by molar-refractivity contribution is -0.127. The molecule has 1 rings (SSSR count). The fourth-order valence-electron chi connectivity index (χ4n) is 1.70. The summed E-state index contributed by atoms with van der Waals surface area (Å²) in [5.41, 5.74) is 6.29. The smallest absolute Gasteiger partial charge is 0.240 e. The van der Waals surface area contributed by atoms with E-state index in [9.17, 15) is 9.59 Å². The molecule has 0 aliphatic carbocycles. The van der Waals surface area contributed by atoms with Crippen molar-refractivity contribution in [2.45, 2.75) is 32.7 Å². The van der Waals surface area contributed by atoms with Crippen molar-refractivity contribution in [1.29, 1.82) is 0 Å². The van der Waals surface area contributed by atoms with E-state index in [1.54, 1.807) is 0 Å². The van der Waals surface area contributed by atoms with E-state index in [4.69, 9.17) is 5.73 Å². The number of primary amides is 1. The van der Waals surface area contributed by atoms with Gasteiger partial charge in [0, 0.05) is 17.3 Å². The predicted octanol–water partition coefficient (Wildman–Crippen LogP) is 2.01. The summed E-state index contributed by atoms with van der Waals surface area (Å²) in [6.07, 6.45) is 0.802. The number of nitrogens with two attached hydrogens (primary N) is 1. The van der Waals surface area contributed by atoms with Crippen molar-refractivity contribution < 1.29 is 9.59 Å². The summed E-state index contributed by atoms with van der Waals surface area (Å²) in [5, 5.41) is 2.69. The molecule has 0 saturated carbocycles. The van der Waals surface area contributed by atoms with Crippen LogP contribution in [-0.4, -0.2) is 17.9 Å². The first-order chi connectivity index (χ1) is 8.88. The number of amides is 2. The molecule has 0 heterocycles. The SMILES string of the molecule is CC(C)CC(=O)N[C@H](Cc1ccc(Br)cc1)C(N)=O. The average molecular weight is 327 g/mol. The summed E-state index contributed by atoms with van der Waals surface area (Å²) in [6, 6.07) is 6.92. The summed E-state index contributed by atoms with van der Waals surface area (Å²) < 4.78 is 0.968. The van der Waals surface area contributed by atoms with Gasteiger partial charge in [-0.15, -0.1) is 0 Å². The fraction of sp³-hybridized carbons (Fsp3) is 0.429. The molecule has 19 heavy (non-hydrogen) atoms. The molecule has 4 nitrogen and oxygen atoms in total. The minimum Gasteiger partial charge on any atom is -0.368 e. The van der Waals surface area contributed by atoms with Crippen LogP contribution in [0.3, 0.4) is 0 Å². The molecule has 0 saturated heterocycles. The minimum atomic E-state index is -0.660. The first-order valence-electron chi connectivity index (χ1n) is 6.21. The second kappa shape index (κ2) is 7.28. The van der Waals surface area contributed by atoms with E-state index < -0.39 is 11.9 Å². The average Bonchev–Trinajstić information content (AvgIpc) is 2.29. The first-order valence-corrected chi connectivity index (χ1v) is 7.01. The lowest BCUT2D eigenvalue weighted by Crippen LogP contribution is -2.46. The van der Waals surface area contributed by atoms with Crippen molar-refractivity contribution in [3.8, 4) is 0 Å². The molecule has 1 atom stereocenters. The monoisotopic (exact) mass is 326 g/mol. The van der Waals surface area contributed by atoms with Crippen LogP contribution in [0.2, 0.25) is 0 Å². The maximum absolute atomic E-state index is 11.7. The van der Waals surface area contributed by atoms with Gasteiger partial charge in [0.1, 0.15) is 6.04 Å². The van der Waals surface area contributed by atoms with Crippen LogP contribution >= 0.6 is 15.9 Å². The summed E-state index contributed by atoms with van der Waals surface area (Å²) in [5.74, 6) is -0.405. The van der Waals surface area contributed by atoms with Crippen molar-refractivity contribution >= 4 is 27.7 Å². The predicted molar refractivity (Wildman–Crippen MR) is 78.4 cm³/mol. The fourth-order valence-corrected chi connectivity index (χ4v) is 1.97. The normalized spacial score (nSPS) is 12.2. The van der Waals surface area contributed by atoms with Gasteiger partial charge in [0.25, 0.3) is 0 Å². The van der Waals surface area contributed by atoms with E-state index in [1.807, 2.05) is 38.1 Å². The minimum absolute atomic E-state index is 0.143. The molecule has 0 fully saturated rings. The number of carbonyl (C=O) groups excluding carboxylic acids is 2. The molecule has 2 amide bonds. The van der Waals surface area contributed by atoms with Crippen LogP contribution in [0, 0.1) is 5.92 Å². The highest BCUT2D eigenvalue weighted by Crippen LogP contribution is 2.12. The van der Waals surface area contributed by atoms with E-state index in [2.05, 4.69) is 21.2 Å². The molecule has 0 aromatic heterocycles. The van der Waals surface area contributed by atoms with E-state index in [-0.39, 0.29) is 11.8 Å². The van der Waals surface area contributed by atoms with Gasteiger partial charge in [0.05, 0.1) is 0 Å². The molecule has 1 aromatic rings. The topological polar surface area (TPSA) is 72.2 Å². The first kappa shape index (κ1) is 15.7. The van der Waals surface area contributed by atoms with Crippen LogP contribution in [0.15, 0.2) is 28.7 Å². The van der Waals surface area contributed by atoms with Crippen molar-refractivity contribution in [1.82, 2.24) is 5.32 Å². The zero-order chi connectivity index (χ0) is 14.4. The Morgan fingerprint density at radius 3 is 2.32 bits per heavy atom. The van der Waals surface area contributed by atoms with Crippen LogP contribution in [0.4, 0.5) is 0 Å². The number of carbonyl (C=O) groups is 2. The van der Waals surface area contributed by atoms with Crippen LogP contribution in [0.1, 0.15) is 25.8 Å². The Morgan fingerprint density at radius 2 is 1.84 bits per heavy atom. The second-order valence-electron chi connectivity index (χ2n) is 4.95. The Hall–Kier alpha value is -1.36. The molecule has 0 aliphatic rings. The highest BCUT2D eigenvalue weighted by Gasteiger charge is 2.18. The quantitative estimate of drug-likeness (QED) is 0.839. The molecule has 5 heteroatoms. The number of rotatable bonds is 6. The van der Waals surface area contributed by atoms with Crippen molar-refractivity contribution in [3.63, 3.8) is 0 Å². The maximum Gasteiger partial charge on any atom is 0.240 e. The maximum atomic E-state index is 11.7. The highest BCUT2D eigenvalue weighted by molar-refractivity contribution is 9.10. The molecule has 0 radical (unpaired) electrons. The zero-order valence-corrected chi connectivity index (χ0v) is 12.7. The summed E-state index contributed by atoms with van der Waals surface area (Å²) in [6.45, 7) is 3.90. The Labute approximate surface area is 121 Å². The van der Waals surface area contributed by atoms with Gasteiger partial charge in [-0.2, -0.15) is 0 Å². The number of nitrogens with one attached hydrogen (secondary N) is 1. The van der Waals surface area contributed by atoms with Gasteiger partial charge in [0.2, 0.25) is 11.8 Å². The van der Waals surface area contributed by atoms with Crippen LogP contribution in [0.25, 0.3) is 0 Å². The molecule has 0 unspecified atom stereocenters. The van der Waals surface area contributed by atoms with E-state index in [0.29, 0.717) is 12.8 Å². The molecule has 0 bridgehead atoms. The standard InChI is InChI=1S/C14H19BrN2O2/c1-9(2)7-13(18)17-12(14(16)19)8-10-3-5-11(15)6-4-10/h3-6,9,12H,7-8H2,1-2H3,(H2,16,19)(H,17,18)/t12-/m1/s1. The highest BCUT2D eigenvalue weighted by atomic mass is 79.9. The van der Waals surface area contributed by atoms with Crippen LogP contribution < -0.4 is 11.1 Å². The number of hydrogen-bond acceptors (Lipinski definition) is 2. The molecular weight excluding hydrogens is 308 g/mol. The van der Waals surface area contributed by atoms with E-state index >= 15 is 0 Å². The Kier molecular flexibility index (Phi) is 6.02. The molecule has 3 N–H and O–H groups in total. The van der Waals surface area contributed by atoms with Crippen molar-refractivity contribution in [3.05, 3.63) is 34.3 Å². The Morgan fingerprint density at radius 1 is 1.26 bits per heavy atom. The van der Waals surface area contributed by atoms with Crippen LogP contribution in [-0.2, 0) is 16.0 Å². The number of benzene rings is 1. The van der Waals surface area contributed by atoms with Crippen molar-refractivity contribution in [2.75, 3.05) is 0 Å². The summed E-state index contributed by atoms with van der Waals surface area (Å²) >= 11 is 3.35. The lowest BCUT2D eigenvalue weighted by Gasteiger charge is -2.16. The van der Waals surface area contributed by atoms with Gasteiger partial charge in [-0.05, 0) is 23.6 Å². The van der Waals surface area contributed by atoms with Crippen molar-refractivity contribution in [2.24, 2.45) is 11.7 Å². The Balaban J connectivity index is 2.65. The molecule has 1 aromatic carbocycles. The summed E-state index contributed by atoms with van der Waals surface area (Å²) in [7, 11) is 0. The zero-order valence-electron chi connectivity index (χ0n) is 11.2. The van der Waals surface area contributed by atoms with Gasteiger partial charge >= 0.3 is 0 Å². The van der Waals surface area contributed by atoms with E-state index in [0.717, 1.165) is 10.0 Å². The number of hydrogen-bond donors (Lipinski definition) is 2. The molecular formula is C14H19BrN2O2. The molecule has 0 spiro atoms. The van der Waals surface area contributed by atoms with Gasteiger partial charge < -0.3 is 11.1 Å². The van der Waals surface area contributed by atoms with Gasteiger partial charge in [-0.3, -0.25) is 9.59 Å². The third-order valence-electron chi connectivity index (χ3n) is 2.63. The molecule has 104 valence electrons. The third kappa shape index (κ3) is 5.87. The van der Waals surface area contributed by atoms with Gasteiger partial charge in [0.15, 0.2) is 0 Å². The van der Waals surface area contributed by atoms with E-state index in [1.165, 1.54) is 0 Å². The third-order valence-corrected chi connectivity index (χ3v) is 3.15. The second-order valence-corrected chi connectivity index (χ2v) is 5.87. The van der Waals surface area contributed by atoms with Crippen LogP contribution in [0.5, 0.6) is 0 Å². The van der Waals surface area contributed by atoms with Gasteiger partial charge in [-0.1, -0.05) is 41.9 Å². The largest absolute Gasteiger partial charge is 0.368 e. The lowest BCUT2D eigenvalue weighted by atomic mass is 10.0. The van der Waals surface area contributed by atoms with Gasteiger partial charge in [-0.25, -0.2) is 0 Å². The number of halogens is 1. The summed E-state index contributed by atoms with van der Waals surface area (Å²) in [4.78, 5) is 23.1.